The first kappa shape index (κ1) is 14.1. The van der Waals surface area contributed by atoms with Gasteiger partial charge in [-0.3, -0.25) is 4.40 Å². The third-order valence-corrected chi connectivity index (χ3v) is 4.40. The molecule has 1 N–H and O–H groups in total. The minimum absolute atomic E-state index is 0.333. The maximum Gasteiger partial charge on any atom is 0.237 e. The summed E-state index contributed by atoms with van der Waals surface area (Å²) in [5.41, 5.74) is 2.38. The van der Waals surface area contributed by atoms with Gasteiger partial charge in [0.25, 0.3) is 0 Å². The fraction of sp³-hybridized carbons (Fsp3) is 0.312. The molecule has 1 unspecified atom stereocenters. The van der Waals surface area contributed by atoms with Crippen LogP contribution in [0.1, 0.15) is 30.6 Å². The van der Waals surface area contributed by atoms with E-state index in [0.717, 1.165) is 23.6 Å². The zero-order valence-corrected chi connectivity index (χ0v) is 13.1. The van der Waals surface area contributed by atoms with Gasteiger partial charge in [-0.05, 0) is 12.0 Å². The number of fused-ring (bicyclic) bond motifs is 1. The van der Waals surface area contributed by atoms with E-state index in [1.165, 1.54) is 5.56 Å². The molecule has 1 aromatic carbocycles. The number of benzene rings is 1. The second kappa shape index (κ2) is 6.28. The molecule has 4 nitrogen and oxygen atoms in total. The van der Waals surface area contributed by atoms with Gasteiger partial charge in [-0.2, -0.15) is 4.98 Å². The molecule has 0 bridgehead atoms. The lowest BCUT2D eigenvalue weighted by Gasteiger charge is -2.17. The molecule has 2 heterocycles. The Labute approximate surface area is 128 Å². The van der Waals surface area contributed by atoms with Gasteiger partial charge in [0.1, 0.15) is 5.69 Å². The van der Waals surface area contributed by atoms with Gasteiger partial charge in [0.05, 0.1) is 7.11 Å². The zero-order valence-electron chi connectivity index (χ0n) is 12.2. The van der Waals surface area contributed by atoms with Crippen LogP contribution in [-0.4, -0.2) is 16.5 Å². The minimum atomic E-state index is 0.333. The Bertz CT molecular complexity index is 705. The minimum Gasteiger partial charge on any atom is -0.480 e. The van der Waals surface area contributed by atoms with E-state index >= 15 is 0 Å². The lowest BCUT2D eigenvalue weighted by molar-refractivity contribution is 0.390. The van der Waals surface area contributed by atoms with E-state index in [2.05, 4.69) is 45.9 Å². The lowest BCUT2D eigenvalue weighted by Crippen LogP contribution is -2.21. The van der Waals surface area contributed by atoms with Crippen LogP contribution in [0.4, 0.5) is 0 Å². The van der Waals surface area contributed by atoms with Crippen LogP contribution in [0.5, 0.6) is 5.88 Å². The number of thiazole rings is 1. The van der Waals surface area contributed by atoms with Crippen molar-refractivity contribution in [3.8, 4) is 5.88 Å². The van der Waals surface area contributed by atoms with Crippen molar-refractivity contribution in [3.63, 3.8) is 0 Å². The first-order chi connectivity index (χ1) is 10.3. The van der Waals surface area contributed by atoms with E-state index < -0.39 is 0 Å². The van der Waals surface area contributed by atoms with Crippen LogP contribution in [0, 0.1) is 0 Å². The van der Waals surface area contributed by atoms with Crippen molar-refractivity contribution in [3.05, 3.63) is 53.2 Å². The molecule has 3 rings (SSSR count). The van der Waals surface area contributed by atoms with Gasteiger partial charge in [-0.25, -0.2) is 0 Å². The number of nitrogens with zero attached hydrogens (tertiary/aromatic N) is 2. The maximum atomic E-state index is 5.40. The van der Waals surface area contributed by atoms with E-state index in [-0.39, 0.29) is 0 Å². The Balaban J connectivity index is 1.80. The lowest BCUT2D eigenvalue weighted by atomic mass is 10.0. The molecule has 5 heteroatoms. The highest BCUT2D eigenvalue weighted by atomic mass is 32.1. The highest BCUT2D eigenvalue weighted by Crippen LogP contribution is 2.24. The molecule has 0 radical (unpaired) electrons. The molecule has 0 saturated heterocycles. The summed E-state index contributed by atoms with van der Waals surface area (Å²) in [6, 6.07) is 10.9. The molecule has 0 aliphatic carbocycles. The van der Waals surface area contributed by atoms with Crippen LogP contribution in [-0.2, 0) is 6.54 Å². The predicted molar refractivity (Wildman–Crippen MR) is 85.9 cm³/mol. The van der Waals surface area contributed by atoms with Crippen molar-refractivity contribution in [1.29, 1.82) is 0 Å². The molecular formula is C16H19N3OS. The van der Waals surface area contributed by atoms with Crippen LogP contribution in [0.2, 0.25) is 0 Å². The normalized spacial score (nSPS) is 12.7. The molecule has 3 aromatic rings. The van der Waals surface area contributed by atoms with E-state index in [9.17, 15) is 0 Å². The fourth-order valence-corrected chi connectivity index (χ4v) is 3.26. The van der Waals surface area contributed by atoms with Crippen LogP contribution < -0.4 is 10.1 Å². The van der Waals surface area contributed by atoms with Crippen molar-refractivity contribution in [2.45, 2.75) is 25.9 Å². The van der Waals surface area contributed by atoms with Crippen molar-refractivity contribution < 1.29 is 4.74 Å². The molecule has 0 amide bonds. The van der Waals surface area contributed by atoms with Crippen LogP contribution in [0.3, 0.4) is 0 Å². The van der Waals surface area contributed by atoms with Gasteiger partial charge in [-0.15, -0.1) is 11.3 Å². The quantitative estimate of drug-likeness (QED) is 0.755. The number of ether oxygens (including phenoxy) is 1. The van der Waals surface area contributed by atoms with E-state index in [1.807, 2.05) is 17.6 Å². The highest BCUT2D eigenvalue weighted by molar-refractivity contribution is 7.15. The first-order valence-electron chi connectivity index (χ1n) is 7.10. The smallest absolute Gasteiger partial charge is 0.237 e. The summed E-state index contributed by atoms with van der Waals surface area (Å²) in [7, 11) is 1.67. The van der Waals surface area contributed by atoms with Crippen molar-refractivity contribution >= 4 is 16.3 Å². The van der Waals surface area contributed by atoms with Crippen molar-refractivity contribution in [1.82, 2.24) is 14.7 Å². The third kappa shape index (κ3) is 2.80. The Kier molecular flexibility index (Phi) is 4.22. The molecular weight excluding hydrogens is 282 g/mol. The Hall–Kier alpha value is -1.85. The number of nitrogens with one attached hydrogen (secondary N) is 1. The monoisotopic (exact) mass is 301 g/mol. The summed E-state index contributed by atoms with van der Waals surface area (Å²) < 4.78 is 7.49. The number of hydrogen-bond donors (Lipinski definition) is 1. The van der Waals surface area contributed by atoms with Gasteiger partial charge in [0.2, 0.25) is 5.88 Å². The van der Waals surface area contributed by atoms with Gasteiger partial charge in [0.15, 0.2) is 4.96 Å². The SMILES string of the molecule is CCC(NCc1c(OC)nc2sccn12)c1ccccc1. The Morgan fingerprint density at radius 2 is 2.14 bits per heavy atom. The van der Waals surface area contributed by atoms with Gasteiger partial charge in [-0.1, -0.05) is 37.3 Å². The highest BCUT2D eigenvalue weighted by Gasteiger charge is 2.15. The molecule has 0 aliphatic rings. The summed E-state index contributed by atoms with van der Waals surface area (Å²) in [5.74, 6) is 0.706. The van der Waals surface area contributed by atoms with Crippen molar-refractivity contribution in [2.24, 2.45) is 0 Å². The van der Waals surface area contributed by atoms with Crippen LogP contribution in [0.15, 0.2) is 41.9 Å². The molecule has 0 saturated carbocycles. The number of aromatic nitrogens is 2. The molecule has 21 heavy (non-hydrogen) atoms. The summed E-state index contributed by atoms with van der Waals surface area (Å²) in [6.45, 7) is 2.92. The van der Waals surface area contributed by atoms with E-state index in [1.54, 1.807) is 18.4 Å². The summed E-state index contributed by atoms with van der Waals surface area (Å²) in [5, 5.41) is 5.65. The van der Waals surface area contributed by atoms with Crippen LogP contribution in [0.25, 0.3) is 4.96 Å². The topological polar surface area (TPSA) is 38.6 Å². The average molecular weight is 301 g/mol. The molecule has 110 valence electrons. The molecule has 0 aliphatic heterocycles. The second-order valence-electron chi connectivity index (χ2n) is 4.88. The summed E-state index contributed by atoms with van der Waals surface area (Å²) >= 11 is 1.62. The van der Waals surface area contributed by atoms with Gasteiger partial charge < -0.3 is 10.1 Å². The van der Waals surface area contributed by atoms with E-state index in [0.29, 0.717) is 11.9 Å². The average Bonchev–Trinajstić information content (AvgIpc) is 3.10. The molecule has 2 aromatic heterocycles. The number of methoxy groups -OCH3 is 1. The Morgan fingerprint density at radius 3 is 2.86 bits per heavy atom. The number of rotatable bonds is 6. The second-order valence-corrected chi connectivity index (χ2v) is 5.75. The maximum absolute atomic E-state index is 5.40. The molecule has 1 atom stereocenters. The molecule has 0 spiro atoms. The van der Waals surface area contributed by atoms with Crippen molar-refractivity contribution in [2.75, 3.05) is 7.11 Å². The Morgan fingerprint density at radius 1 is 1.33 bits per heavy atom. The molecule has 0 fully saturated rings. The third-order valence-electron chi connectivity index (χ3n) is 3.64. The van der Waals surface area contributed by atoms with Gasteiger partial charge in [0, 0.05) is 24.2 Å². The standard InChI is InChI=1S/C16H19N3OS/c1-3-13(12-7-5-4-6-8-12)17-11-14-15(20-2)18-16-19(14)9-10-21-16/h4-10,13,17H,3,11H2,1-2H3. The number of imidazole rings is 1. The van der Waals surface area contributed by atoms with Gasteiger partial charge >= 0.3 is 0 Å². The van der Waals surface area contributed by atoms with Crippen LogP contribution >= 0.6 is 11.3 Å². The largest absolute Gasteiger partial charge is 0.480 e. The van der Waals surface area contributed by atoms with E-state index in [4.69, 9.17) is 4.74 Å². The summed E-state index contributed by atoms with van der Waals surface area (Å²) in [6.07, 6.45) is 3.08. The zero-order chi connectivity index (χ0) is 14.7. The number of hydrogen-bond acceptors (Lipinski definition) is 4. The predicted octanol–water partition coefficient (Wildman–Crippen LogP) is 3.65. The fourth-order valence-electron chi connectivity index (χ4n) is 2.54. The summed E-state index contributed by atoms with van der Waals surface area (Å²) in [4.78, 5) is 5.46. The first-order valence-corrected chi connectivity index (χ1v) is 7.98.